The third kappa shape index (κ3) is 5.80. The van der Waals surface area contributed by atoms with Gasteiger partial charge < -0.3 is 0 Å². The molecule has 0 aromatic heterocycles. The number of halogens is 2. The Balaban J connectivity index is 1.85. The molecule has 0 aliphatic carbocycles. The topological polar surface area (TPSA) is 0 Å². The highest BCUT2D eigenvalue weighted by Gasteiger charge is 2.40. The van der Waals surface area contributed by atoms with E-state index < -0.39 is 0 Å². The van der Waals surface area contributed by atoms with E-state index in [0.29, 0.717) is 0 Å². The van der Waals surface area contributed by atoms with Crippen molar-refractivity contribution in [2.45, 2.75) is 49.0 Å². The molecule has 0 N–H and O–H groups in total. The fraction of sp³-hybridized carbons (Fsp3) is 0.250. The van der Waals surface area contributed by atoms with E-state index in [4.69, 9.17) is 23.2 Å². The first-order chi connectivity index (χ1) is 16.7. The van der Waals surface area contributed by atoms with Crippen molar-refractivity contribution in [3.63, 3.8) is 0 Å². The van der Waals surface area contributed by atoms with E-state index in [1.165, 1.54) is 22.3 Å². The SMILES string of the molecule is CC(C)(c1ccccc1)C(SC(c1ccc(Cl)cc1)C(C)(C)c1ccccc1)c1ccc(Cl)cc1. The van der Waals surface area contributed by atoms with Crippen LogP contribution >= 0.6 is 35.0 Å². The molecule has 0 heterocycles. The lowest BCUT2D eigenvalue weighted by Crippen LogP contribution is -2.30. The molecule has 2 atom stereocenters. The predicted molar refractivity (Wildman–Crippen MR) is 155 cm³/mol. The highest BCUT2D eigenvalue weighted by Crippen LogP contribution is 2.57. The van der Waals surface area contributed by atoms with Crippen LogP contribution in [0.15, 0.2) is 109 Å². The highest BCUT2D eigenvalue weighted by atomic mass is 35.5. The van der Waals surface area contributed by atoms with Gasteiger partial charge in [-0.2, -0.15) is 0 Å². The Morgan fingerprint density at radius 1 is 0.486 bits per heavy atom. The molecule has 4 rings (SSSR count). The number of thioether (sulfide) groups is 1. The first-order valence-corrected chi connectivity index (χ1v) is 13.7. The van der Waals surface area contributed by atoms with Crippen LogP contribution in [0.4, 0.5) is 0 Å². The van der Waals surface area contributed by atoms with Gasteiger partial charge in [0.25, 0.3) is 0 Å². The molecule has 4 aromatic carbocycles. The molecule has 0 fully saturated rings. The number of hydrogen-bond acceptors (Lipinski definition) is 1. The summed E-state index contributed by atoms with van der Waals surface area (Å²) in [6, 6.07) is 38.4. The van der Waals surface area contributed by atoms with Crippen LogP contribution in [-0.2, 0) is 10.8 Å². The monoisotopic (exact) mass is 518 g/mol. The maximum atomic E-state index is 6.30. The largest absolute Gasteiger partial charge is 0.144 e. The van der Waals surface area contributed by atoms with Crippen LogP contribution in [0.2, 0.25) is 10.0 Å². The van der Waals surface area contributed by atoms with Gasteiger partial charge in [-0.25, -0.2) is 0 Å². The van der Waals surface area contributed by atoms with Gasteiger partial charge in [0.05, 0.1) is 0 Å². The van der Waals surface area contributed by atoms with Crippen LogP contribution in [0.5, 0.6) is 0 Å². The van der Waals surface area contributed by atoms with Crippen molar-refractivity contribution in [2.24, 2.45) is 0 Å². The smallest absolute Gasteiger partial charge is 0.0406 e. The fourth-order valence-corrected chi connectivity index (χ4v) is 6.89. The summed E-state index contributed by atoms with van der Waals surface area (Å²) in [5.41, 5.74) is 4.93. The normalized spacial score (nSPS) is 13.9. The number of hydrogen-bond donors (Lipinski definition) is 0. The fourth-order valence-electron chi connectivity index (χ4n) is 4.78. The number of benzene rings is 4. The van der Waals surface area contributed by atoms with E-state index >= 15 is 0 Å². The summed E-state index contributed by atoms with van der Waals surface area (Å²) in [7, 11) is 0. The van der Waals surface area contributed by atoms with E-state index in [-0.39, 0.29) is 21.3 Å². The van der Waals surface area contributed by atoms with Crippen molar-refractivity contribution in [1.82, 2.24) is 0 Å². The van der Waals surface area contributed by atoms with Gasteiger partial charge in [-0.05, 0) is 46.5 Å². The standard InChI is InChI=1S/C32H32Cl2S/c1-31(2,25-11-7-5-8-12-25)29(23-15-19-27(33)20-16-23)35-30(24-17-21-28(34)22-18-24)32(3,4)26-13-9-6-10-14-26/h5-22,29-30H,1-4H3. The minimum absolute atomic E-state index is 0.128. The Morgan fingerprint density at radius 2 is 0.800 bits per heavy atom. The molecular formula is C32H32Cl2S. The summed E-state index contributed by atoms with van der Waals surface area (Å²) >= 11 is 14.6. The summed E-state index contributed by atoms with van der Waals surface area (Å²) < 4.78 is 0. The minimum atomic E-state index is -0.128. The van der Waals surface area contributed by atoms with Crippen molar-refractivity contribution in [2.75, 3.05) is 0 Å². The Hall–Kier alpha value is -2.19. The Labute approximate surface area is 224 Å². The van der Waals surface area contributed by atoms with Crippen LogP contribution in [0, 0.1) is 0 Å². The van der Waals surface area contributed by atoms with Crippen molar-refractivity contribution >= 4 is 35.0 Å². The van der Waals surface area contributed by atoms with E-state index in [1.54, 1.807) is 0 Å². The summed E-state index contributed by atoms with van der Waals surface area (Å²) in [5.74, 6) is 0. The Kier molecular flexibility index (Phi) is 8.01. The van der Waals surface area contributed by atoms with Crippen molar-refractivity contribution < 1.29 is 0 Å². The van der Waals surface area contributed by atoms with Crippen LogP contribution in [0.3, 0.4) is 0 Å². The first kappa shape index (κ1) is 25.9. The van der Waals surface area contributed by atoms with E-state index in [2.05, 4.69) is 113 Å². The molecule has 4 aromatic rings. The Bertz CT molecular complexity index is 1120. The molecule has 0 aliphatic heterocycles. The summed E-state index contributed by atoms with van der Waals surface area (Å²) in [4.78, 5) is 0. The molecular weight excluding hydrogens is 487 g/mol. The van der Waals surface area contributed by atoms with E-state index in [1.807, 2.05) is 36.0 Å². The average molecular weight is 520 g/mol. The zero-order valence-corrected chi connectivity index (χ0v) is 23.0. The lowest BCUT2D eigenvalue weighted by molar-refractivity contribution is 0.485. The van der Waals surface area contributed by atoms with Gasteiger partial charge >= 0.3 is 0 Å². The third-order valence-corrected chi connectivity index (χ3v) is 9.74. The zero-order chi connectivity index (χ0) is 25.1. The van der Waals surface area contributed by atoms with E-state index in [9.17, 15) is 0 Å². The zero-order valence-electron chi connectivity index (χ0n) is 20.7. The van der Waals surface area contributed by atoms with Gasteiger partial charge in [0.2, 0.25) is 0 Å². The number of rotatable bonds is 8. The van der Waals surface area contributed by atoms with Crippen LogP contribution in [-0.4, -0.2) is 0 Å². The van der Waals surface area contributed by atoms with Gasteiger partial charge in [0.15, 0.2) is 0 Å². The molecule has 3 heteroatoms. The lowest BCUT2D eigenvalue weighted by Gasteiger charge is -2.42. The second-order valence-corrected chi connectivity index (χ2v) is 12.3. The van der Waals surface area contributed by atoms with Gasteiger partial charge in [-0.15, -0.1) is 11.8 Å². The molecule has 35 heavy (non-hydrogen) atoms. The molecule has 0 nitrogen and oxygen atoms in total. The summed E-state index contributed by atoms with van der Waals surface area (Å²) in [5, 5.41) is 1.89. The molecule has 180 valence electrons. The maximum absolute atomic E-state index is 6.30. The van der Waals surface area contributed by atoms with Crippen LogP contribution in [0.25, 0.3) is 0 Å². The van der Waals surface area contributed by atoms with Gasteiger partial charge in [-0.3, -0.25) is 0 Å². The molecule has 2 unspecified atom stereocenters. The van der Waals surface area contributed by atoms with Crippen molar-refractivity contribution in [3.05, 3.63) is 141 Å². The average Bonchev–Trinajstić information content (AvgIpc) is 2.87. The molecule has 0 aliphatic rings. The second-order valence-electron chi connectivity index (χ2n) is 10.2. The van der Waals surface area contributed by atoms with Crippen LogP contribution in [0.1, 0.15) is 60.4 Å². The molecule has 0 saturated carbocycles. The molecule has 0 radical (unpaired) electrons. The van der Waals surface area contributed by atoms with Gasteiger partial charge in [0, 0.05) is 31.4 Å². The maximum Gasteiger partial charge on any atom is 0.0406 e. The summed E-state index contributed by atoms with van der Waals surface area (Å²) in [6.45, 7) is 9.40. The second kappa shape index (κ2) is 10.8. The first-order valence-electron chi connectivity index (χ1n) is 12.0. The van der Waals surface area contributed by atoms with Gasteiger partial charge in [-0.1, -0.05) is 136 Å². The van der Waals surface area contributed by atoms with Crippen molar-refractivity contribution in [1.29, 1.82) is 0 Å². The summed E-state index contributed by atoms with van der Waals surface area (Å²) in [6.07, 6.45) is 0. The van der Waals surface area contributed by atoms with E-state index in [0.717, 1.165) is 10.0 Å². The third-order valence-electron chi connectivity index (χ3n) is 6.96. The highest BCUT2D eigenvalue weighted by molar-refractivity contribution is 7.99. The van der Waals surface area contributed by atoms with Gasteiger partial charge in [0.1, 0.15) is 0 Å². The minimum Gasteiger partial charge on any atom is -0.144 e. The molecule has 0 amide bonds. The molecule has 0 spiro atoms. The Morgan fingerprint density at radius 3 is 1.11 bits per heavy atom. The quantitative estimate of drug-likeness (QED) is 0.223. The molecule has 0 saturated heterocycles. The molecule has 0 bridgehead atoms. The van der Waals surface area contributed by atoms with Crippen LogP contribution < -0.4 is 0 Å². The van der Waals surface area contributed by atoms with Crippen molar-refractivity contribution in [3.8, 4) is 0 Å². The lowest BCUT2D eigenvalue weighted by atomic mass is 9.78. The predicted octanol–water partition coefficient (Wildman–Crippen LogP) is 10.5.